The molecule has 182 valence electrons. The number of carbonyl (C=O) groups is 4. The van der Waals surface area contributed by atoms with Crippen molar-refractivity contribution in [2.75, 3.05) is 13.1 Å². The Morgan fingerprint density at radius 2 is 1.83 bits per heavy atom. The third kappa shape index (κ3) is 4.01. The minimum absolute atomic E-state index is 0.0383. The van der Waals surface area contributed by atoms with Gasteiger partial charge in [-0.05, 0) is 54.8 Å². The number of benzene rings is 2. The number of hydrogen-bond donors (Lipinski definition) is 1. The summed E-state index contributed by atoms with van der Waals surface area (Å²) in [5.74, 6) is -1.55. The van der Waals surface area contributed by atoms with Crippen molar-refractivity contribution < 1.29 is 23.9 Å². The van der Waals surface area contributed by atoms with Crippen LogP contribution in [0.2, 0.25) is 0 Å². The van der Waals surface area contributed by atoms with Gasteiger partial charge in [0.05, 0.1) is 16.6 Å². The molecule has 1 N–H and O–H groups in total. The first-order valence-corrected chi connectivity index (χ1v) is 12.0. The van der Waals surface area contributed by atoms with Crippen molar-refractivity contribution >= 4 is 34.5 Å². The molecular formula is C27H24N4O5. The topological polar surface area (TPSA) is 109 Å². The lowest BCUT2D eigenvalue weighted by Crippen LogP contribution is -2.54. The molecular weight excluding hydrogens is 460 g/mol. The molecule has 2 saturated heterocycles. The fraction of sp³-hybridized carbons (Fsp3) is 0.296. The summed E-state index contributed by atoms with van der Waals surface area (Å²) in [5, 5.41) is 3.32. The van der Waals surface area contributed by atoms with E-state index < -0.39 is 29.7 Å². The first-order chi connectivity index (χ1) is 17.5. The molecule has 3 aliphatic rings. The molecule has 1 unspecified atom stereocenters. The number of nitrogens with zero attached hydrogens (tertiary/aromatic N) is 3. The van der Waals surface area contributed by atoms with E-state index >= 15 is 0 Å². The van der Waals surface area contributed by atoms with Crippen LogP contribution in [-0.2, 0) is 16.1 Å². The van der Waals surface area contributed by atoms with Crippen molar-refractivity contribution in [2.24, 2.45) is 0 Å². The highest BCUT2D eigenvalue weighted by Crippen LogP contribution is 2.31. The predicted molar refractivity (Wildman–Crippen MR) is 129 cm³/mol. The van der Waals surface area contributed by atoms with E-state index in [4.69, 9.17) is 4.74 Å². The minimum atomic E-state index is -0.978. The second kappa shape index (κ2) is 8.83. The van der Waals surface area contributed by atoms with Crippen LogP contribution in [0.25, 0.3) is 10.9 Å². The Hall–Kier alpha value is -4.11. The van der Waals surface area contributed by atoms with Gasteiger partial charge in [-0.25, -0.2) is 0 Å². The van der Waals surface area contributed by atoms with Crippen LogP contribution in [0.15, 0.2) is 54.7 Å². The van der Waals surface area contributed by atoms with E-state index in [2.05, 4.69) is 33.4 Å². The molecule has 0 bridgehead atoms. The van der Waals surface area contributed by atoms with Crippen LogP contribution in [0.5, 0.6) is 5.75 Å². The predicted octanol–water partition coefficient (Wildman–Crippen LogP) is 2.29. The van der Waals surface area contributed by atoms with Gasteiger partial charge in [-0.3, -0.25) is 39.3 Å². The average Bonchev–Trinajstić information content (AvgIpc) is 3.41. The van der Waals surface area contributed by atoms with Gasteiger partial charge >= 0.3 is 0 Å². The minimum Gasteiger partial charge on any atom is -0.489 e. The Morgan fingerprint density at radius 1 is 0.972 bits per heavy atom. The van der Waals surface area contributed by atoms with E-state index in [-0.39, 0.29) is 30.1 Å². The highest BCUT2D eigenvalue weighted by molar-refractivity contribution is 6.23. The molecule has 4 amide bonds. The summed E-state index contributed by atoms with van der Waals surface area (Å²) in [6, 6.07) is 14.2. The number of nitrogens with one attached hydrogen (secondary N) is 1. The number of ether oxygens (including phenoxy) is 1. The van der Waals surface area contributed by atoms with Crippen LogP contribution in [0.4, 0.5) is 0 Å². The molecule has 9 nitrogen and oxygen atoms in total. The van der Waals surface area contributed by atoms with E-state index in [9.17, 15) is 19.2 Å². The highest BCUT2D eigenvalue weighted by Gasteiger charge is 2.44. The smallest absolute Gasteiger partial charge is 0.262 e. The molecule has 9 heteroatoms. The maximum atomic E-state index is 13.0. The highest BCUT2D eigenvalue weighted by atomic mass is 16.5. The Balaban J connectivity index is 1.11. The lowest BCUT2D eigenvalue weighted by atomic mass is 10.0. The second-order valence-corrected chi connectivity index (χ2v) is 9.45. The quantitative estimate of drug-likeness (QED) is 0.554. The summed E-state index contributed by atoms with van der Waals surface area (Å²) in [6.07, 6.45) is 2.82. The van der Waals surface area contributed by atoms with Gasteiger partial charge in [-0.1, -0.05) is 12.1 Å². The molecule has 0 radical (unpaired) electrons. The molecule has 36 heavy (non-hydrogen) atoms. The largest absolute Gasteiger partial charge is 0.489 e. The Morgan fingerprint density at radius 3 is 2.69 bits per heavy atom. The number of fused-ring (bicyclic) bond motifs is 2. The van der Waals surface area contributed by atoms with Gasteiger partial charge in [0, 0.05) is 37.6 Å². The molecule has 4 heterocycles. The van der Waals surface area contributed by atoms with Crippen LogP contribution in [0, 0.1) is 0 Å². The first kappa shape index (κ1) is 22.4. The molecule has 0 saturated carbocycles. The second-order valence-electron chi connectivity index (χ2n) is 9.45. The Bertz CT molecular complexity index is 1420. The number of rotatable bonds is 5. The zero-order valence-corrected chi connectivity index (χ0v) is 19.5. The number of amides is 4. The summed E-state index contributed by atoms with van der Waals surface area (Å²) in [5.41, 5.74) is 2.66. The molecule has 0 spiro atoms. The number of pyridine rings is 1. The van der Waals surface area contributed by atoms with Gasteiger partial charge in [-0.15, -0.1) is 0 Å². The molecule has 2 fully saturated rings. The molecule has 3 aliphatic heterocycles. The van der Waals surface area contributed by atoms with E-state index in [0.29, 0.717) is 5.75 Å². The fourth-order valence-electron chi connectivity index (χ4n) is 5.23. The summed E-state index contributed by atoms with van der Waals surface area (Å²) in [4.78, 5) is 57.3. The number of hydrogen-bond acceptors (Lipinski definition) is 7. The van der Waals surface area contributed by atoms with Gasteiger partial charge in [0.1, 0.15) is 17.9 Å². The average molecular weight is 485 g/mol. The standard InChI is InChI=1S/C27H24N4O5/c32-24-8-7-23(25(33)29-24)31-26(34)20-5-4-18(13-21(20)27(31)35)36-19-9-11-30(15-19)14-16-3-6-22-17(12-16)2-1-10-28-22/h1-6,10,12-13,19,23H,7-9,11,14-15H2,(H,29,32,33)/t19-,23?/m0/s1. The van der Waals surface area contributed by atoms with E-state index in [1.54, 1.807) is 24.4 Å². The molecule has 6 rings (SSSR count). The lowest BCUT2D eigenvalue weighted by molar-refractivity contribution is -0.136. The Kier molecular flexibility index (Phi) is 5.49. The number of imide groups is 2. The lowest BCUT2D eigenvalue weighted by Gasteiger charge is -2.27. The number of aromatic nitrogens is 1. The van der Waals surface area contributed by atoms with Crippen molar-refractivity contribution in [1.82, 2.24) is 20.1 Å². The van der Waals surface area contributed by atoms with Gasteiger partial charge < -0.3 is 4.74 Å². The van der Waals surface area contributed by atoms with Gasteiger partial charge in [0.15, 0.2) is 0 Å². The molecule has 1 aromatic heterocycles. The number of carbonyl (C=O) groups excluding carboxylic acids is 4. The van der Waals surface area contributed by atoms with Gasteiger partial charge in [-0.2, -0.15) is 0 Å². The summed E-state index contributed by atoms with van der Waals surface area (Å²) < 4.78 is 6.18. The Labute approximate surface area is 207 Å². The van der Waals surface area contributed by atoms with E-state index in [1.165, 1.54) is 5.56 Å². The maximum Gasteiger partial charge on any atom is 0.262 e. The SMILES string of the molecule is O=C1CCC(N2C(=O)c3ccc(O[C@H]4CCN(Cc5ccc6ncccc6c5)C4)cc3C2=O)C(=O)N1. The normalized spacial score (nSPS) is 22.3. The van der Waals surface area contributed by atoms with E-state index in [0.717, 1.165) is 41.9 Å². The van der Waals surface area contributed by atoms with Crippen LogP contribution in [0.3, 0.4) is 0 Å². The monoisotopic (exact) mass is 484 g/mol. The van der Waals surface area contributed by atoms with Gasteiger partial charge in [0.25, 0.3) is 11.8 Å². The van der Waals surface area contributed by atoms with Crippen LogP contribution >= 0.6 is 0 Å². The van der Waals surface area contributed by atoms with Crippen molar-refractivity contribution in [3.8, 4) is 5.75 Å². The van der Waals surface area contributed by atoms with Crippen LogP contribution < -0.4 is 10.1 Å². The zero-order valence-electron chi connectivity index (χ0n) is 19.5. The summed E-state index contributed by atoms with van der Waals surface area (Å²) >= 11 is 0. The van der Waals surface area contributed by atoms with E-state index in [1.807, 2.05) is 12.1 Å². The molecule has 2 aromatic carbocycles. The zero-order chi connectivity index (χ0) is 24.8. The molecule has 0 aliphatic carbocycles. The van der Waals surface area contributed by atoms with Gasteiger partial charge in [0.2, 0.25) is 11.8 Å². The van der Waals surface area contributed by atoms with Crippen LogP contribution in [-0.4, -0.2) is 63.6 Å². The fourth-order valence-corrected chi connectivity index (χ4v) is 5.23. The van der Waals surface area contributed by atoms with Crippen molar-refractivity contribution in [3.05, 3.63) is 71.4 Å². The number of piperidine rings is 1. The third-order valence-corrected chi connectivity index (χ3v) is 7.02. The van der Waals surface area contributed by atoms with Crippen molar-refractivity contribution in [3.63, 3.8) is 0 Å². The molecule has 2 atom stereocenters. The number of likely N-dealkylation sites (tertiary alicyclic amines) is 1. The van der Waals surface area contributed by atoms with Crippen LogP contribution in [0.1, 0.15) is 45.5 Å². The summed E-state index contributed by atoms with van der Waals surface area (Å²) in [6.45, 7) is 2.45. The van der Waals surface area contributed by atoms with Crippen molar-refractivity contribution in [2.45, 2.75) is 38.0 Å². The first-order valence-electron chi connectivity index (χ1n) is 12.0. The van der Waals surface area contributed by atoms with Crippen molar-refractivity contribution in [1.29, 1.82) is 0 Å². The summed E-state index contributed by atoms with van der Waals surface area (Å²) in [7, 11) is 0. The molecule has 3 aromatic rings. The maximum absolute atomic E-state index is 13.0. The third-order valence-electron chi connectivity index (χ3n) is 7.02.